The maximum Gasteiger partial charge on any atom is 0.251 e. The van der Waals surface area contributed by atoms with Crippen LogP contribution in [0.3, 0.4) is 0 Å². The van der Waals surface area contributed by atoms with Crippen LogP contribution in [0.1, 0.15) is 21.4 Å². The van der Waals surface area contributed by atoms with Crippen LogP contribution in [0, 0.1) is 0 Å². The number of hydrogen-bond donors (Lipinski definition) is 1. The average Bonchev–Trinajstić information content (AvgIpc) is 3.17. The summed E-state index contributed by atoms with van der Waals surface area (Å²) in [6, 6.07) is 20.0. The predicted octanol–water partition coefficient (Wildman–Crippen LogP) is 3.22. The van der Waals surface area contributed by atoms with Crippen molar-refractivity contribution in [3.63, 3.8) is 0 Å². The van der Waals surface area contributed by atoms with Gasteiger partial charge in [-0.15, -0.1) is 0 Å². The SMILES string of the molecule is O=C(NCC(c1ccco1)S(=O)(=O)c1ccccc1)c1ccccc1. The molecular weight excluding hydrogens is 338 g/mol. The van der Waals surface area contributed by atoms with Crippen LogP contribution in [0.15, 0.2) is 88.4 Å². The lowest BCUT2D eigenvalue weighted by Gasteiger charge is -2.16. The van der Waals surface area contributed by atoms with Gasteiger partial charge in [-0.25, -0.2) is 8.42 Å². The number of benzene rings is 2. The fourth-order valence-electron chi connectivity index (χ4n) is 2.49. The number of rotatable bonds is 6. The van der Waals surface area contributed by atoms with E-state index in [-0.39, 0.29) is 23.1 Å². The van der Waals surface area contributed by atoms with Crippen molar-refractivity contribution in [2.24, 2.45) is 0 Å². The summed E-state index contributed by atoms with van der Waals surface area (Å²) in [5.41, 5.74) is 0.470. The largest absolute Gasteiger partial charge is 0.468 e. The summed E-state index contributed by atoms with van der Waals surface area (Å²) in [4.78, 5) is 12.4. The highest BCUT2D eigenvalue weighted by molar-refractivity contribution is 7.91. The summed E-state index contributed by atoms with van der Waals surface area (Å²) in [6.07, 6.45) is 1.42. The summed E-state index contributed by atoms with van der Waals surface area (Å²) in [5, 5.41) is 1.68. The fraction of sp³-hybridized carbons (Fsp3) is 0.105. The van der Waals surface area contributed by atoms with E-state index in [9.17, 15) is 13.2 Å². The van der Waals surface area contributed by atoms with Gasteiger partial charge in [-0.05, 0) is 36.4 Å². The smallest absolute Gasteiger partial charge is 0.251 e. The first-order valence-corrected chi connectivity index (χ1v) is 9.29. The van der Waals surface area contributed by atoms with Crippen molar-refractivity contribution < 1.29 is 17.6 Å². The van der Waals surface area contributed by atoms with E-state index in [1.807, 2.05) is 6.07 Å². The monoisotopic (exact) mass is 355 g/mol. The number of sulfone groups is 1. The molecule has 1 heterocycles. The third kappa shape index (κ3) is 3.80. The van der Waals surface area contributed by atoms with E-state index in [1.54, 1.807) is 54.6 Å². The van der Waals surface area contributed by atoms with Gasteiger partial charge in [0.05, 0.1) is 11.2 Å². The first-order chi connectivity index (χ1) is 12.1. The molecular formula is C19H17NO4S. The van der Waals surface area contributed by atoms with Crippen molar-refractivity contribution in [1.82, 2.24) is 5.32 Å². The Morgan fingerprint density at radius 3 is 2.16 bits per heavy atom. The predicted molar refractivity (Wildman–Crippen MR) is 93.9 cm³/mol. The minimum absolute atomic E-state index is 0.0849. The summed E-state index contributed by atoms with van der Waals surface area (Å²) in [5.74, 6) is -0.0439. The highest BCUT2D eigenvalue weighted by Gasteiger charge is 2.31. The van der Waals surface area contributed by atoms with Crippen molar-refractivity contribution >= 4 is 15.7 Å². The van der Waals surface area contributed by atoms with Crippen LogP contribution in [0.25, 0.3) is 0 Å². The van der Waals surface area contributed by atoms with Gasteiger partial charge in [0, 0.05) is 12.1 Å². The molecule has 0 aliphatic carbocycles. The van der Waals surface area contributed by atoms with Crippen molar-refractivity contribution in [2.75, 3.05) is 6.54 Å². The van der Waals surface area contributed by atoms with Crippen molar-refractivity contribution in [1.29, 1.82) is 0 Å². The molecule has 2 aromatic carbocycles. The second kappa shape index (κ2) is 7.36. The molecule has 0 radical (unpaired) electrons. The number of furan rings is 1. The molecule has 1 unspecified atom stereocenters. The van der Waals surface area contributed by atoms with Gasteiger partial charge in [-0.2, -0.15) is 0 Å². The molecule has 0 aliphatic rings. The number of carbonyl (C=O) groups excluding carboxylic acids is 1. The van der Waals surface area contributed by atoms with Gasteiger partial charge in [0.1, 0.15) is 11.0 Å². The molecule has 0 saturated carbocycles. The topological polar surface area (TPSA) is 76.4 Å². The summed E-state index contributed by atoms with van der Waals surface area (Å²) >= 11 is 0. The van der Waals surface area contributed by atoms with E-state index in [4.69, 9.17) is 4.42 Å². The molecule has 0 aliphatic heterocycles. The third-order valence-corrected chi connectivity index (χ3v) is 5.87. The van der Waals surface area contributed by atoms with Crippen molar-refractivity contribution in [2.45, 2.75) is 10.1 Å². The molecule has 6 heteroatoms. The molecule has 1 amide bonds. The molecule has 0 bridgehead atoms. The van der Waals surface area contributed by atoms with E-state index in [0.29, 0.717) is 5.56 Å². The normalized spacial score (nSPS) is 12.5. The van der Waals surface area contributed by atoms with Gasteiger partial charge in [0.15, 0.2) is 9.84 Å². The number of carbonyl (C=O) groups is 1. The average molecular weight is 355 g/mol. The summed E-state index contributed by atoms with van der Waals surface area (Å²) in [7, 11) is -3.71. The van der Waals surface area contributed by atoms with Crippen LogP contribution in [0.4, 0.5) is 0 Å². The van der Waals surface area contributed by atoms with E-state index in [2.05, 4.69) is 5.32 Å². The van der Waals surface area contributed by atoms with Gasteiger partial charge in [-0.1, -0.05) is 36.4 Å². The number of nitrogens with one attached hydrogen (secondary N) is 1. The Balaban J connectivity index is 1.86. The molecule has 3 aromatic rings. The van der Waals surface area contributed by atoms with Crippen LogP contribution >= 0.6 is 0 Å². The van der Waals surface area contributed by atoms with Crippen LogP contribution in [0.2, 0.25) is 0 Å². The number of amides is 1. The Kier molecular flexibility index (Phi) is 5.00. The Labute approximate surface area is 146 Å². The second-order valence-electron chi connectivity index (χ2n) is 5.44. The minimum atomic E-state index is -3.71. The first kappa shape index (κ1) is 17.0. The Morgan fingerprint density at radius 2 is 1.56 bits per heavy atom. The van der Waals surface area contributed by atoms with Gasteiger partial charge in [0.25, 0.3) is 5.91 Å². The van der Waals surface area contributed by atoms with Crippen LogP contribution in [-0.4, -0.2) is 20.9 Å². The molecule has 0 saturated heterocycles. The zero-order valence-corrected chi connectivity index (χ0v) is 14.1. The van der Waals surface area contributed by atoms with Crippen LogP contribution in [-0.2, 0) is 9.84 Å². The zero-order valence-electron chi connectivity index (χ0n) is 13.3. The molecule has 3 rings (SSSR count). The third-order valence-electron chi connectivity index (χ3n) is 3.79. The van der Waals surface area contributed by atoms with Gasteiger partial charge in [-0.3, -0.25) is 4.79 Å². The second-order valence-corrected chi connectivity index (χ2v) is 7.57. The lowest BCUT2D eigenvalue weighted by Crippen LogP contribution is -2.31. The standard InChI is InChI=1S/C19H17NO4S/c21-19(15-8-3-1-4-9-15)20-14-18(17-12-7-13-24-17)25(22,23)16-10-5-2-6-11-16/h1-13,18H,14H2,(H,20,21). The molecule has 1 N–H and O–H groups in total. The molecule has 0 fully saturated rings. The molecule has 128 valence electrons. The minimum Gasteiger partial charge on any atom is -0.468 e. The Hall–Kier alpha value is -2.86. The van der Waals surface area contributed by atoms with E-state index in [0.717, 1.165) is 0 Å². The summed E-state index contributed by atoms with van der Waals surface area (Å²) < 4.78 is 31.2. The molecule has 0 spiro atoms. The number of hydrogen-bond acceptors (Lipinski definition) is 4. The van der Waals surface area contributed by atoms with Crippen molar-refractivity contribution in [3.8, 4) is 0 Å². The van der Waals surface area contributed by atoms with E-state index < -0.39 is 15.1 Å². The molecule has 1 aromatic heterocycles. The molecule has 25 heavy (non-hydrogen) atoms. The van der Waals surface area contributed by atoms with Gasteiger partial charge >= 0.3 is 0 Å². The Bertz CT molecular complexity index is 920. The maximum absolute atomic E-state index is 13.0. The first-order valence-electron chi connectivity index (χ1n) is 7.74. The highest BCUT2D eigenvalue weighted by atomic mass is 32.2. The van der Waals surface area contributed by atoms with E-state index in [1.165, 1.54) is 18.4 Å². The molecule has 1 atom stereocenters. The van der Waals surface area contributed by atoms with Crippen LogP contribution in [0.5, 0.6) is 0 Å². The Morgan fingerprint density at radius 1 is 0.920 bits per heavy atom. The zero-order chi connectivity index (χ0) is 17.7. The van der Waals surface area contributed by atoms with Crippen molar-refractivity contribution in [3.05, 3.63) is 90.4 Å². The summed E-state index contributed by atoms with van der Waals surface area (Å²) in [6.45, 7) is -0.0849. The fourth-order valence-corrected chi connectivity index (χ4v) is 4.10. The quantitative estimate of drug-likeness (QED) is 0.736. The molecule has 5 nitrogen and oxygen atoms in total. The lowest BCUT2D eigenvalue weighted by molar-refractivity contribution is 0.0953. The van der Waals surface area contributed by atoms with Gasteiger partial charge in [0.2, 0.25) is 0 Å². The lowest BCUT2D eigenvalue weighted by atomic mass is 10.2. The van der Waals surface area contributed by atoms with Crippen LogP contribution < -0.4 is 5.32 Å². The maximum atomic E-state index is 13.0. The highest BCUT2D eigenvalue weighted by Crippen LogP contribution is 2.28. The van der Waals surface area contributed by atoms with Gasteiger partial charge < -0.3 is 9.73 Å². The van der Waals surface area contributed by atoms with E-state index >= 15 is 0 Å².